The Balaban J connectivity index is 1.80. The standard InChI is InChI=1S/C23H26O5/c1-4-19-15(2)16(3)20(27-21(24)17-11-7-5-8-12-17)23(26-19)28-22(25)18-13-9-6-10-14-18/h5-16,19-20,23H,4H2,1-3H3/t15-,16-,19?,20?,23-/m0/s1. The quantitative estimate of drug-likeness (QED) is 0.714. The number of benzene rings is 2. The molecule has 2 aromatic rings. The first-order valence-electron chi connectivity index (χ1n) is 9.68. The Morgan fingerprint density at radius 2 is 1.32 bits per heavy atom. The Morgan fingerprint density at radius 1 is 0.821 bits per heavy atom. The van der Waals surface area contributed by atoms with Gasteiger partial charge in [0.05, 0.1) is 17.2 Å². The van der Waals surface area contributed by atoms with E-state index in [-0.39, 0.29) is 17.9 Å². The zero-order valence-electron chi connectivity index (χ0n) is 16.4. The van der Waals surface area contributed by atoms with Gasteiger partial charge in [0.2, 0.25) is 6.29 Å². The lowest BCUT2D eigenvalue weighted by Gasteiger charge is -2.43. The third-order valence-electron chi connectivity index (χ3n) is 5.40. The van der Waals surface area contributed by atoms with E-state index in [1.807, 2.05) is 26.0 Å². The largest absolute Gasteiger partial charge is 0.452 e. The van der Waals surface area contributed by atoms with Crippen LogP contribution in [0.2, 0.25) is 0 Å². The molecule has 0 aromatic heterocycles. The van der Waals surface area contributed by atoms with Crippen molar-refractivity contribution in [2.24, 2.45) is 11.8 Å². The first-order valence-corrected chi connectivity index (χ1v) is 9.68. The van der Waals surface area contributed by atoms with Crippen LogP contribution >= 0.6 is 0 Å². The van der Waals surface area contributed by atoms with Crippen molar-refractivity contribution >= 4 is 11.9 Å². The Morgan fingerprint density at radius 3 is 1.82 bits per heavy atom. The molecule has 0 radical (unpaired) electrons. The van der Waals surface area contributed by atoms with Crippen LogP contribution < -0.4 is 0 Å². The van der Waals surface area contributed by atoms with E-state index in [0.717, 1.165) is 6.42 Å². The molecular weight excluding hydrogens is 356 g/mol. The van der Waals surface area contributed by atoms with Crippen molar-refractivity contribution in [3.05, 3.63) is 71.8 Å². The molecule has 5 atom stereocenters. The molecule has 2 unspecified atom stereocenters. The molecule has 5 nitrogen and oxygen atoms in total. The van der Waals surface area contributed by atoms with Gasteiger partial charge in [-0.15, -0.1) is 0 Å². The second-order valence-corrected chi connectivity index (χ2v) is 7.18. The van der Waals surface area contributed by atoms with Gasteiger partial charge in [-0.2, -0.15) is 0 Å². The second-order valence-electron chi connectivity index (χ2n) is 7.18. The lowest BCUT2D eigenvalue weighted by Crippen LogP contribution is -2.52. The summed E-state index contributed by atoms with van der Waals surface area (Å²) in [5.41, 5.74) is 0.881. The highest BCUT2D eigenvalue weighted by molar-refractivity contribution is 5.90. The van der Waals surface area contributed by atoms with Crippen LogP contribution in [0, 0.1) is 11.8 Å². The molecule has 2 aromatic carbocycles. The van der Waals surface area contributed by atoms with Crippen molar-refractivity contribution in [1.82, 2.24) is 0 Å². The third-order valence-corrected chi connectivity index (χ3v) is 5.40. The molecule has 5 heteroatoms. The molecule has 148 valence electrons. The predicted octanol–water partition coefficient (Wildman–Crippen LogP) is 4.48. The summed E-state index contributed by atoms with van der Waals surface area (Å²) < 4.78 is 17.4. The van der Waals surface area contributed by atoms with E-state index in [1.165, 1.54) is 0 Å². The summed E-state index contributed by atoms with van der Waals surface area (Å²) in [5.74, 6) is -0.822. The average molecular weight is 382 g/mol. The minimum absolute atomic E-state index is 0.0278. The van der Waals surface area contributed by atoms with E-state index in [2.05, 4.69) is 6.92 Å². The van der Waals surface area contributed by atoms with Crippen molar-refractivity contribution in [1.29, 1.82) is 0 Å². The molecule has 0 bridgehead atoms. The molecule has 3 rings (SSSR count). The molecule has 0 saturated carbocycles. The highest BCUT2D eigenvalue weighted by atomic mass is 16.7. The van der Waals surface area contributed by atoms with Gasteiger partial charge < -0.3 is 14.2 Å². The van der Waals surface area contributed by atoms with E-state index in [4.69, 9.17) is 14.2 Å². The van der Waals surface area contributed by atoms with Gasteiger partial charge in [-0.05, 0) is 36.6 Å². The van der Waals surface area contributed by atoms with Crippen molar-refractivity contribution in [2.75, 3.05) is 0 Å². The molecule has 0 N–H and O–H groups in total. The van der Waals surface area contributed by atoms with E-state index in [1.54, 1.807) is 48.5 Å². The first kappa shape index (κ1) is 20.1. The van der Waals surface area contributed by atoms with Gasteiger partial charge in [0.1, 0.15) is 0 Å². The van der Waals surface area contributed by atoms with Crippen LogP contribution in [0.15, 0.2) is 60.7 Å². The molecule has 1 aliphatic heterocycles. The summed E-state index contributed by atoms with van der Waals surface area (Å²) in [5, 5.41) is 0. The van der Waals surface area contributed by atoms with Crippen molar-refractivity contribution in [2.45, 2.75) is 45.7 Å². The highest BCUT2D eigenvalue weighted by Crippen LogP contribution is 2.35. The predicted molar refractivity (Wildman–Crippen MR) is 105 cm³/mol. The fourth-order valence-electron chi connectivity index (χ4n) is 3.50. The fraction of sp³-hybridized carbons (Fsp3) is 0.391. The van der Waals surface area contributed by atoms with Gasteiger partial charge in [0.25, 0.3) is 0 Å². The zero-order chi connectivity index (χ0) is 20.1. The topological polar surface area (TPSA) is 61.8 Å². The number of carbonyl (C=O) groups excluding carboxylic acids is 2. The Kier molecular flexibility index (Phi) is 6.47. The Labute approximate surface area is 165 Å². The summed E-state index contributed by atoms with van der Waals surface area (Å²) >= 11 is 0. The zero-order valence-corrected chi connectivity index (χ0v) is 16.4. The first-order chi connectivity index (χ1) is 13.5. The van der Waals surface area contributed by atoms with E-state index in [0.29, 0.717) is 11.1 Å². The van der Waals surface area contributed by atoms with Crippen LogP contribution in [-0.4, -0.2) is 30.4 Å². The molecular formula is C23H26O5. The molecule has 0 amide bonds. The third kappa shape index (κ3) is 4.42. The maximum atomic E-state index is 12.6. The fourth-order valence-corrected chi connectivity index (χ4v) is 3.50. The van der Waals surface area contributed by atoms with Gasteiger partial charge in [-0.3, -0.25) is 0 Å². The van der Waals surface area contributed by atoms with Crippen LogP contribution in [0.4, 0.5) is 0 Å². The number of hydrogen-bond acceptors (Lipinski definition) is 5. The molecule has 0 aliphatic carbocycles. The number of rotatable bonds is 5. The minimum atomic E-state index is -0.948. The van der Waals surface area contributed by atoms with Crippen molar-refractivity contribution < 1.29 is 23.8 Å². The van der Waals surface area contributed by atoms with E-state index in [9.17, 15) is 9.59 Å². The van der Waals surface area contributed by atoms with Crippen molar-refractivity contribution in [3.8, 4) is 0 Å². The number of esters is 2. The summed E-state index contributed by atoms with van der Waals surface area (Å²) in [6.07, 6.45) is -0.922. The van der Waals surface area contributed by atoms with Crippen LogP contribution in [0.3, 0.4) is 0 Å². The molecule has 1 saturated heterocycles. The van der Waals surface area contributed by atoms with Crippen LogP contribution in [-0.2, 0) is 14.2 Å². The molecule has 1 heterocycles. The summed E-state index contributed by atoms with van der Waals surface area (Å²) in [6, 6.07) is 17.5. The lowest BCUT2D eigenvalue weighted by molar-refractivity contribution is -0.248. The summed E-state index contributed by atoms with van der Waals surface area (Å²) in [4.78, 5) is 25.2. The number of ether oxygens (including phenoxy) is 3. The summed E-state index contributed by atoms with van der Waals surface area (Å²) in [7, 11) is 0. The summed E-state index contributed by atoms with van der Waals surface area (Å²) in [6.45, 7) is 6.10. The Bertz CT molecular complexity index is 789. The average Bonchev–Trinajstić information content (AvgIpc) is 2.74. The number of carbonyl (C=O) groups is 2. The minimum Gasteiger partial charge on any atom is -0.452 e. The molecule has 1 fully saturated rings. The van der Waals surface area contributed by atoms with E-state index >= 15 is 0 Å². The molecule has 28 heavy (non-hydrogen) atoms. The van der Waals surface area contributed by atoms with E-state index < -0.39 is 24.3 Å². The highest BCUT2D eigenvalue weighted by Gasteiger charge is 2.45. The maximum absolute atomic E-state index is 12.6. The van der Waals surface area contributed by atoms with Gasteiger partial charge >= 0.3 is 11.9 Å². The van der Waals surface area contributed by atoms with Crippen LogP contribution in [0.1, 0.15) is 47.9 Å². The van der Waals surface area contributed by atoms with Crippen LogP contribution in [0.25, 0.3) is 0 Å². The second kappa shape index (κ2) is 9.02. The molecule has 0 spiro atoms. The Hall–Kier alpha value is -2.66. The van der Waals surface area contributed by atoms with Gasteiger partial charge in [-0.1, -0.05) is 57.2 Å². The van der Waals surface area contributed by atoms with Gasteiger partial charge in [-0.25, -0.2) is 9.59 Å². The lowest BCUT2D eigenvalue weighted by atomic mass is 9.82. The molecule has 1 aliphatic rings. The normalized spacial score (nSPS) is 27.0. The monoisotopic (exact) mass is 382 g/mol. The maximum Gasteiger partial charge on any atom is 0.340 e. The smallest absolute Gasteiger partial charge is 0.340 e. The van der Waals surface area contributed by atoms with Gasteiger partial charge in [0.15, 0.2) is 6.10 Å². The van der Waals surface area contributed by atoms with Crippen LogP contribution in [0.5, 0.6) is 0 Å². The van der Waals surface area contributed by atoms with Crippen molar-refractivity contribution in [3.63, 3.8) is 0 Å². The number of hydrogen-bond donors (Lipinski definition) is 0. The SMILES string of the molecule is CCC1O[C@@H](OC(=O)c2ccccc2)C(OC(=O)c2ccccc2)[C@@H](C)[C@@H]1C. The van der Waals surface area contributed by atoms with Gasteiger partial charge in [0, 0.05) is 5.92 Å².